The molecule has 3 saturated heterocycles. The summed E-state index contributed by atoms with van der Waals surface area (Å²) in [6.45, 7) is 87.9. The van der Waals surface area contributed by atoms with Crippen molar-refractivity contribution < 1.29 is 28.4 Å². The smallest absolute Gasteiger partial charge is 0.213 e. The van der Waals surface area contributed by atoms with E-state index in [2.05, 4.69) is 246 Å². The van der Waals surface area contributed by atoms with Crippen LogP contribution in [0.15, 0.2) is 91.6 Å². The highest BCUT2D eigenvalue weighted by molar-refractivity contribution is 5.21. The summed E-state index contributed by atoms with van der Waals surface area (Å²) in [6.07, 6.45) is 19.4. The summed E-state index contributed by atoms with van der Waals surface area (Å²) in [7, 11) is 0. The Labute approximate surface area is 681 Å². The van der Waals surface area contributed by atoms with Crippen molar-refractivity contribution in [3.63, 3.8) is 0 Å². The van der Waals surface area contributed by atoms with Crippen molar-refractivity contribution in [1.82, 2.24) is 54.3 Å². The summed E-state index contributed by atoms with van der Waals surface area (Å²) in [4.78, 5) is 37.0. The molecule has 0 unspecified atom stereocenters. The quantitative estimate of drug-likeness (QED) is 0.0485. The van der Waals surface area contributed by atoms with Gasteiger partial charge in [-0.1, -0.05) is 121 Å². The van der Waals surface area contributed by atoms with Crippen molar-refractivity contribution in [2.45, 2.75) is 313 Å². The van der Waals surface area contributed by atoms with Gasteiger partial charge in [0.2, 0.25) is 29.4 Å². The molecule has 111 heavy (non-hydrogen) atoms. The molecule has 3 aliphatic heterocycles. The van der Waals surface area contributed by atoms with E-state index < -0.39 is 0 Å². The van der Waals surface area contributed by atoms with Crippen LogP contribution in [0.5, 0.6) is 29.4 Å². The van der Waals surface area contributed by atoms with Gasteiger partial charge >= 0.3 is 0 Å². The van der Waals surface area contributed by atoms with Crippen molar-refractivity contribution in [2.24, 2.45) is 22.7 Å². The third-order valence-corrected chi connectivity index (χ3v) is 18.1. The molecule has 0 bridgehead atoms. The highest BCUT2D eigenvalue weighted by Gasteiger charge is 2.28. The van der Waals surface area contributed by atoms with Gasteiger partial charge in [-0.05, 0) is 232 Å². The number of ether oxygens (including phenoxy) is 6. The van der Waals surface area contributed by atoms with Gasteiger partial charge in [0, 0.05) is 176 Å². The fourth-order valence-corrected chi connectivity index (χ4v) is 11.5. The number of rotatable bonds is 26. The molecule has 17 nitrogen and oxygen atoms in total. The molecular weight excluding hydrogens is 1380 g/mol. The number of nitrogens with zero attached hydrogens (tertiary/aromatic N) is 11. The molecule has 634 valence electrons. The molecule has 0 saturated carbocycles. The van der Waals surface area contributed by atoms with Crippen molar-refractivity contribution in [1.29, 1.82) is 0 Å². The summed E-state index contributed by atoms with van der Waals surface area (Å²) in [6, 6.07) is 20.2. The van der Waals surface area contributed by atoms with Crippen LogP contribution >= 0.6 is 0 Å². The van der Waals surface area contributed by atoms with Gasteiger partial charge in [-0.15, -0.1) is 0 Å². The molecule has 0 amide bonds. The normalized spacial score (nSPS) is 15.4. The fourth-order valence-electron chi connectivity index (χ4n) is 11.5. The second-order valence-electron chi connectivity index (χ2n) is 39.2. The standard InChI is InChI=1S/2C22H39N3O.C21H37N3O2.C11H17NO.C10H15NO.2C4H10/c2*1-21(2,3)11-10-19-8-9-20(23-18-19)26-17-7-12-24-13-15-25(16-14-24)22(4,5)6;1-20(2,3)24-13-11-23(12-14-24)10-7-15-25-19-9-8-18(16-22-19)17-26-21(4,5)6;1-5-9-6-7-10(12-8-9)13-11(2,3)4;1-4-9-5-6-10(11-7-9)12-8(2)3;2*1-4(2)3/h2*8-9,18H,7,10-17H2,1-6H3;8-9,16H,7,10-15,17H2,1-6H3;6-8H,5H2,1-4H3;5-8H,4H2,1-3H3;2*4H,1-3H3. The Bertz CT molecular complexity index is 2850. The molecule has 8 rings (SSSR count). The van der Waals surface area contributed by atoms with E-state index in [0.717, 1.165) is 159 Å². The van der Waals surface area contributed by atoms with Crippen LogP contribution in [0.3, 0.4) is 0 Å². The number of hydrogen-bond acceptors (Lipinski definition) is 17. The first kappa shape index (κ1) is 102. The predicted molar refractivity (Wildman–Crippen MR) is 471 cm³/mol. The minimum Gasteiger partial charge on any atom is -0.478 e. The van der Waals surface area contributed by atoms with Crippen LogP contribution in [-0.2, 0) is 37.0 Å². The number of hydrogen-bond donors (Lipinski definition) is 0. The predicted octanol–water partition coefficient (Wildman–Crippen LogP) is 20.6. The van der Waals surface area contributed by atoms with Crippen LogP contribution in [0.2, 0.25) is 0 Å². The highest BCUT2D eigenvalue weighted by atomic mass is 16.5. The monoisotopic (exact) mass is 1550 g/mol. The lowest BCUT2D eigenvalue weighted by Gasteiger charge is -2.42. The molecule has 0 aromatic carbocycles. The minimum atomic E-state index is -0.166. The van der Waals surface area contributed by atoms with Crippen LogP contribution in [0.4, 0.5) is 0 Å². The first-order valence-corrected chi connectivity index (χ1v) is 42.6. The minimum absolute atomic E-state index is 0.131. The van der Waals surface area contributed by atoms with Gasteiger partial charge in [-0.25, -0.2) is 24.9 Å². The molecule has 0 spiro atoms. The summed E-state index contributed by atoms with van der Waals surface area (Å²) < 4.78 is 34.2. The maximum atomic E-state index is 5.82. The van der Waals surface area contributed by atoms with E-state index in [-0.39, 0.29) is 22.8 Å². The van der Waals surface area contributed by atoms with E-state index in [1.165, 1.54) is 61.3 Å². The molecule has 0 atom stereocenters. The van der Waals surface area contributed by atoms with Gasteiger partial charge < -0.3 is 43.1 Å². The first-order valence-electron chi connectivity index (χ1n) is 42.6. The zero-order valence-corrected chi connectivity index (χ0v) is 77.1. The third kappa shape index (κ3) is 52.6. The number of piperazine rings is 3. The fraction of sp³-hybridized carbons (Fsp3) is 0.734. The molecular formula is C94H167N11O6. The van der Waals surface area contributed by atoms with E-state index >= 15 is 0 Å². The zero-order chi connectivity index (χ0) is 83.7. The Morgan fingerprint density at radius 2 is 0.604 bits per heavy atom. The van der Waals surface area contributed by atoms with E-state index in [0.29, 0.717) is 52.8 Å². The average Bonchev–Trinajstić information content (AvgIpc) is 0.853. The van der Waals surface area contributed by atoms with Gasteiger partial charge in [0.15, 0.2) is 0 Å². The average molecular weight is 1550 g/mol. The maximum Gasteiger partial charge on any atom is 0.213 e. The molecule has 5 aromatic heterocycles. The second-order valence-corrected chi connectivity index (χ2v) is 39.2. The highest BCUT2D eigenvalue weighted by Crippen LogP contribution is 2.25. The zero-order valence-electron chi connectivity index (χ0n) is 77.1. The lowest BCUT2D eigenvalue weighted by atomic mass is 9.89. The molecule has 17 heteroatoms. The van der Waals surface area contributed by atoms with E-state index in [1.54, 1.807) is 0 Å². The largest absolute Gasteiger partial charge is 0.478 e. The maximum absolute atomic E-state index is 5.82. The molecule has 0 radical (unpaired) electrons. The molecule has 8 heterocycles. The molecule has 3 fully saturated rings. The van der Waals surface area contributed by atoms with Gasteiger partial charge in [-0.2, -0.15) is 0 Å². The summed E-state index contributed by atoms with van der Waals surface area (Å²) in [5, 5.41) is 0. The molecule has 3 aliphatic rings. The third-order valence-electron chi connectivity index (χ3n) is 18.1. The van der Waals surface area contributed by atoms with Crippen LogP contribution in [0.25, 0.3) is 0 Å². The number of aromatic nitrogens is 5. The Morgan fingerprint density at radius 1 is 0.333 bits per heavy atom. The summed E-state index contributed by atoms with van der Waals surface area (Å²) >= 11 is 0. The van der Waals surface area contributed by atoms with E-state index in [9.17, 15) is 0 Å². The van der Waals surface area contributed by atoms with Crippen LogP contribution in [0, 0.1) is 22.7 Å². The Morgan fingerprint density at radius 3 is 0.838 bits per heavy atom. The van der Waals surface area contributed by atoms with Crippen molar-refractivity contribution in [3.8, 4) is 29.4 Å². The summed E-state index contributed by atoms with van der Waals surface area (Å²) in [5.74, 6) is 5.28. The topological polar surface area (TPSA) is 139 Å². The van der Waals surface area contributed by atoms with Crippen LogP contribution < -0.4 is 23.7 Å². The van der Waals surface area contributed by atoms with Crippen molar-refractivity contribution in [2.75, 3.05) is 118 Å². The lowest BCUT2D eigenvalue weighted by Crippen LogP contribution is -2.53. The van der Waals surface area contributed by atoms with Gasteiger partial charge in [-0.3, -0.25) is 14.7 Å². The number of aryl methyl sites for hydroxylation is 4. The molecule has 0 N–H and O–H groups in total. The van der Waals surface area contributed by atoms with Crippen LogP contribution in [0.1, 0.15) is 275 Å². The second kappa shape index (κ2) is 51.4. The lowest BCUT2D eigenvalue weighted by molar-refractivity contribution is -0.0151. The molecule has 0 aliphatic carbocycles. The number of pyridine rings is 5. The molecule has 5 aromatic rings. The van der Waals surface area contributed by atoms with Crippen molar-refractivity contribution >= 4 is 0 Å². The Hall–Kier alpha value is -5.53. The van der Waals surface area contributed by atoms with E-state index in [1.807, 2.05) is 114 Å². The van der Waals surface area contributed by atoms with Gasteiger partial charge in [0.1, 0.15) is 5.60 Å². The first-order chi connectivity index (χ1) is 51.6. The Kier molecular flexibility index (Phi) is 47.0. The van der Waals surface area contributed by atoms with Gasteiger partial charge in [0.05, 0.1) is 38.1 Å². The van der Waals surface area contributed by atoms with E-state index in [4.69, 9.17) is 28.4 Å². The van der Waals surface area contributed by atoms with Crippen LogP contribution in [-0.4, -0.2) is 206 Å². The SMILES string of the molecule is CC(C)(C)CCc1ccc(OCCCN2CCN(C(C)(C)C)CC2)nc1.CC(C)(C)CCc1ccc(OCCCN2CCN(C(C)(C)C)CC2)nc1.CC(C)(C)OCc1ccc(OCCCN2CCN(C(C)(C)C)CC2)nc1.CC(C)C.CC(C)C.CCc1ccc(OC(C)(C)C)nc1.CCc1ccc(OC(C)C)nc1. The van der Waals surface area contributed by atoms with Crippen molar-refractivity contribution in [3.05, 3.63) is 119 Å². The van der Waals surface area contributed by atoms with Gasteiger partial charge in [0.25, 0.3) is 0 Å². The Balaban J connectivity index is 0.000000471. The summed E-state index contributed by atoms with van der Waals surface area (Å²) in [5.41, 5.74) is 7.45.